The molecule has 0 aliphatic rings. The first-order valence-corrected chi connectivity index (χ1v) is 7.64. The molecule has 0 bridgehead atoms. The highest BCUT2D eigenvalue weighted by Gasteiger charge is 2.23. The summed E-state index contributed by atoms with van der Waals surface area (Å²) >= 11 is 1.51. The number of methoxy groups -OCH3 is 1. The van der Waals surface area contributed by atoms with Crippen LogP contribution in [0.1, 0.15) is 13.3 Å². The second-order valence-corrected chi connectivity index (χ2v) is 4.73. The predicted molar refractivity (Wildman–Crippen MR) is 80.4 cm³/mol. The van der Waals surface area contributed by atoms with Crippen LogP contribution in [0.3, 0.4) is 0 Å². The Bertz CT molecular complexity index is 522. The van der Waals surface area contributed by atoms with Crippen LogP contribution in [0.4, 0.5) is 0 Å². The van der Waals surface area contributed by atoms with E-state index in [2.05, 4.69) is 20.1 Å². The van der Waals surface area contributed by atoms with Gasteiger partial charge in [0.1, 0.15) is 17.9 Å². The number of nitriles is 1. The minimum atomic E-state index is -0.968. The summed E-state index contributed by atoms with van der Waals surface area (Å²) in [5.74, 6) is -1.27. The van der Waals surface area contributed by atoms with E-state index in [4.69, 9.17) is 15.5 Å². The van der Waals surface area contributed by atoms with Gasteiger partial charge in [-0.05, 0) is 36.0 Å². The van der Waals surface area contributed by atoms with Gasteiger partial charge in [0.05, 0.1) is 13.7 Å². The molecule has 10 heteroatoms. The molecule has 0 amide bonds. The van der Waals surface area contributed by atoms with Crippen molar-refractivity contribution in [3.63, 3.8) is 0 Å². The van der Waals surface area contributed by atoms with Crippen molar-refractivity contribution in [2.75, 3.05) is 25.7 Å². The number of carbonyl (C=O) groups excluding carboxylic acids is 2. The van der Waals surface area contributed by atoms with Crippen LogP contribution in [0.15, 0.2) is 16.5 Å². The Balaban J connectivity index is 5.51. The maximum atomic E-state index is 11.9. The number of ether oxygens (including phenoxy) is 2. The summed E-state index contributed by atoms with van der Waals surface area (Å²) in [6.07, 6.45) is 2.23. The number of esters is 2. The standard InChI is InChI=1S/C12H17N5O4S/c1-4-21-12(19)9(5-6-22-3)15-10(16-17-14)8(7-13)11(18)20-2/h9,15H,4-6H2,1-3H3/b10-8+. The second kappa shape index (κ2) is 11.3. The lowest BCUT2D eigenvalue weighted by molar-refractivity contribution is -0.145. The molecule has 0 aliphatic carbocycles. The number of carbonyl (C=O) groups is 2. The van der Waals surface area contributed by atoms with Crippen LogP contribution >= 0.6 is 11.8 Å². The third kappa shape index (κ3) is 6.39. The zero-order valence-electron chi connectivity index (χ0n) is 12.5. The smallest absolute Gasteiger partial charge is 0.350 e. The van der Waals surface area contributed by atoms with Gasteiger partial charge in [0, 0.05) is 4.91 Å². The van der Waals surface area contributed by atoms with E-state index >= 15 is 0 Å². The molecular formula is C12H17N5O4S. The van der Waals surface area contributed by atoms with Gasteiger partial charge in [-0.15, -0.1) is 0 Å². The van der Waals surface area contributed by atoms with Crippen molar-refractivity contribution >= 4 is 23.7 Å². The predicted octanol–water partition coefficient (Wildman–Crippen LogP) is 1.48. The van der Waals surface area contributed by atoms with Crippen molar-refractivity contribution in [1.29, 1.82) is 5.26 Å². The first kappa shape index (κ1) is 19.6. The van der Waals surface area contributed by atoms with Crippen LogP contribution in [-0.2, 0) is 19.1 Å². The Morgan fingerprint density at radius 3 is 2.68 bits per heavy atom. The summed E-state index contributed by atoms with van der Waals surface area (Å²) in [5.41, 5.74) is 8.05. The van der Waals surface area contributed by atoms with Crippen LogP contribution in [-0.4, -0.2) is 43.7 Å². The fraction of sp³-hybridized carbons (Fsp3) is 0.583. The van der Waals surface area contributed by atoms with E-state index < -0.39 is 23.6 Å². The molecule has 0 fully saturated rings. The second-order valence-electron chi connectivity index (χ2n) is 3.75. The van der Waals surface area contributed by atoms with E-state index in [0.717, 1.165) is 7.11 Å². The van der Waals surface area contributed by atoms with Crippen molar-refractivity contribution in [3.8, 4) is 6.07 Å². The Morgan fingerprint density at radius 1 is 1.55 bits per heavy atom. The molecule has 1 unspecified atom stereocenters. The molecule has 1 atom stereocenters. The number of azide groups is 1. The maximum absolute atomic E-state index is 11.9. The summed E-state index contributed by atoms with van der Waals surface area (Å²) in [6, 6.07) is 0.744. The summed E-state index contributed by atoms with van der Waals surface area (Å²) in [4.78, 5) is 25.9. The summed E-state index contributed by atoms with van der Waals surface area (Å²) in [7, 11) is 1.09. The highest BCUT2D eigenvalue weighted by Crippen LogP contribution is 2.10. The average molecular weight is 327 g/mol. The minimum Gasteiger partial charge on any atom is -0.465 e. The molecule has 120 valence electrons. The third-order valence-electron chi connectivity index (χ3n) is 2.38. The van der Waals surface area contributed by atoms with Crippen LogP contribution < -0.4 is 5.32 Å². The van der Waals surface area contributed by atoms with Crippen LogP contribution in [0.2, 0.25) is 0 Å². The van der Waals surface area contributed by atoms with Crippen molar-refractivity contribution in [3.05, 3.63) is 21.8 Å². The van der Waals surface area contributed by atoms with Crippen LogP contribution in [0.5, 0.6) is 0 Å². The molecule has 0 aromatic heterocycles. The molecule has 0 spiro atoms. The van der Waals surface area contributed by atoms with Gasteiger partial charge in [-0.3, -0.25) is 0 Å². The van der Waals surface area contributed by atoms with Gasteiger partial charge in [-0.2, -0.15) is 17.0 Å². The zero-order chi connectivity index (χ0) is 17.0. The maximum Gasteiger partial charge on any atom is 0.350 e. The largest absolute Gasteiger partial charge is 0.465 e. The first-order chi connectivity index (χ1) is 10.5. The molecule has 0 saturated heterocycles. The fourth-order valence-electron chi connectivity index (χ4n) is 1.39. The fourth-order valence-corrected chi connectivity index (χ4v) is 1.86. The van der Waals surface area contributed by atoms with Crippen molar-refractivity contribution in [2.24, 2.45) is 5.11 Å². The number of nitrogens with zero attached hydrogens (tertiary/aromatic N) is 4. The number of hydrogen-bond acceptors (Lipinski definition) is 8. The molecular weight excluding hydrogens is 310 g/mol. The van der Waals surface area contributed by atoms with Gasteiger partial charge in [-0.1, -0.05) is 0 Å². The Morgan fingerprint density at radius 2 is 2.23 bits per heavy atom. The molecule has 0 heterocycles. The lowest BCUT2D eigenvalue weighted by Gasteiger charge is -2.18. The van der Waals surface area contributed by atoms with Crippen LogP contribution in [0, 0.1) is 11.3 Å². The molecule has 0 radical (unpaired) electrons. The van der Waals surface area contributed by atoms with Gasteiger partial charge in [0.2, 0.25) is 0 Å². The molecule has 0 rings (SSSR count). The normalized spacial score (nSPS) is 12.1. The molecule has 1 N–H and O–H groups in total. The quantitative estimate of drug-likeness (QED) is 0.169. The Hall–Kier alpha value is -2.37. The molecule has 9 nitrogen and oxygen atoms in total. The highest BCUT2D eigenvalue weighted by atomic mass is 32.2. The molecule has 0 saturated carbocycles. The summed E-state index contributed by atoms with van der Waals surface area (Å²) < 4.78 is 9.35. The SMILES string of the molecule is CCOC(=O)C(CCSC)N/C(N=[N+]=[N-])=C(/C#N)C(=O)OC. The van der Waals surface area contributed by atoms with Crippen LogP contribution in [0.25, 0.3) is 10.4 Å². The highest BCUT2D eigenvalue weighted by molar-refractivity contribution is 7.98. The Labute approximate surface area is 132 Å². The summed E-state index contributed by atoms with van der Waals surface area (Å²) in [5, 5.41) is 14.9. The lowest BCUT2D eigenvalue weighted by Crippen LogP contribution is -2.38. The van der Waals surface area contributed by atoms with E-state index in [1.54, 1.807) is 13.0 Å². The van der Waals surface area contributed by atoms with Gasteiger partial charge in [0.25, 0.3) is 0 Å². The molecule has 0 aromatic rings. The number of rotatable bonds is 9. The van der Waals surface area contributed by atoms with Gasteiger partial charge in [0.15, 0.2) is 5.57 Å². The third-order valence-corrected chi connectivity index (χ3v) is 3.02. The van der Waals surface area contributed by atoms with E-state index in [0.29, 0.717) is 12.2 Å². The Kier molecular flexibility index (Phi) is 10.1. The van der Waals surface area contributed by atoms with Gasteiger partial charge in [-0.25, -0.2) is 9.59 Å². The zero-order valence-corrected chi connectivity index (χ0v) is 13.3. The molecule has 0 aliphatic heterocycles. The minimum absolute atomic E-state index is 0.180. The van der Waals surface area contributed by atoms with Gasteiger partial charge >= 0.3 is 11.9 Å². The molecule has 0 aromatic carbocycles. The average Bonchev–Trinajstić information content (AvgIpc) is 2.51. The number of nitrogens with one attached hydrogen (secondary N) is 1. The molecule has 22 heavy (non-hydrogen) atoms. The van der Waals surface area contributed by atoms with Crippen molar-refractivity contribution in [2.45, 2.75) is 19.4 Å². The summed E-state index contributed by atoms with van der Waals surface area (Å²) in [6.45, 7) is 1.84. The van der Waals surface area contributed by atoms with Gasteiger partial charge < -0.3 is 14.8 Å². The van der Waals surface area contributed by atoms with E-state index in [1.165, 1.54) is 11.8 Å². The van der Waals surface area contributed by atoms with E-state index in [9.17, 15) is 9.59 Å². The monoisotopic (exact) mass is 327 g/mol. The lowest BCUT2D eigenvalue weighted by atomic mass is 10.2. The van der Waals surface area contributed by atoms with Crippen molar-refractivity contribution < 1.29 is 19.1 Å². The van der Waals surface area contributed by atoms with E-state index in [-0.39, 0.29) is 12.4 Å². The number of hydrogen-bond donors (Lipinski definition) is 1. The van der Waals surface area contributed by atoms with E-state index in [1.807, 2.05) is 6.26 Å². The van der Waals surface area contributed by atoms with Crippen molar-refractivity contribution in [1.82, 2.24) is 5.32 Å². The first-order valence-electron chi connectivity index (χ1n) is 6.25. The topological polar surface area (TPSA) is 137 Å². The number of thioether (sulfide) groups is 1.